The van der Waals surface area contributed by atoms with Crippen molar-refractivity contribution in [3.05, 3.63) is 90.0 Å². The number of pyridine rings is 1. The highest BCUT2D eigenvalue weighted by atomic mass is 16.7. The number of fused-ring (bicyclic) bond motifs is 2. The molecule has 1 atom stereocenters. The van der Waals surface area contributed by atoms with Gasteiger partial charge in [0.05, 0.1) is 22.8 Å². The quantitative estimate of drug-likeness (QED) is 0.520. The van der Waals surface area contributed by atoms with Crippen LogP contribution in [0.15, 0.2) is 78.9 Å². The zero-order valence-electron chi connectivity index (χ0n) is 16.5. The Labute approximate surface area is 174 Å². The predicted octanol–water partition coefficient (Wildman–Crippen LogP) is 5.12. The molecule has 0 unspecified atom stereocenters. The smallest absolute Gasteiger partial charge is 0.252 e. The molecule has 0 saturated heterocycles. The van der Waals surface area contributed by atoms with Gasteiger partial charge in [-0.1, -0.05) is 48.5 Å². The number of carbonyl (C=O) groups excluding carboxylic acids is 1. The molecule has 1 amide bonds. The molecule has 2 heterocycles. The van der Waals surface area contributed by atoms with Gasteiger partial charge in [-0.25, -0.2) is 4.98 Å². The fourth-order valence-electron chi connectivity index (χ4n) is 3.67. The molecule has 4 aromatic rings. The lowest BCUT2D eigenvalue weighted by atomic mass is 10.0. The lowest BCUT2D eigenvalue weighted by molar-refractivity contribution is 0.0941. The van der Waals surface area contributed by atoms with Crippen molar-refractivity contribution in [2.75, 3.05) is 6.79 Å². The van der Waals surface area contributed by atoms with Crippen LogP contribution in [0.4, 0.5) is 0 Å². The second-order valence-corrected chi connectivity index (χ2v) is 7.25. The van der Waals surface area contributed by atoms with E-state index in [1.807, 2.05) is 85.8 Å². The van der Waals surface area contributed by atoms with Crippen LogP contribution in [0.1, 0.15) is 28.9 Å². The number of amides is 1. The largest absolute Gasteiger partial charge is 0.454 e. The molecule has 1 N–H and O–H groups in total. The standard InChI is InChI=1S/C25H20N2O3/c1-16(17-7-3-2-4-8-17)26-25(28)20-14-22(27-21-10-6-5-9-19(20)21)18-11-12-23-24(13-18)30-15-29-23/h2-14,16H,15H2,1H3,(H,26,28)/t16-/m0/s1. The van der Waals surface area contributed by atoms with Crippen LogP contribution < -0.4 is 14.8 Å². The summed E-state index contributed by atoms with van der Waals surface area (Å²) in [6, 6.07) is 25.0. The van der Waals surface area contributed by atoms with Crippen LogP contribution in [0.3, 0.4) is 0 Å². The molecule has 1 aliphatic heterocycles. The summed E-state index contributed by atoms with van der Waals surface area (Å²) >= 11 is 0. The number of hydrogen-bond donors (Lipinski definition) is 1. The second kappa shape index (κ2) is 7.52. The van der Waals surface area contributed by atoms with Crippen LogP contribution in [0.2, 0.25) is 0 Å². The number of carbonyl (C=O) groups is 1. The third-order valence-corrected chi connectivity index (χ3v) is 5.28. The first-order valence-electron chi connectivity index (χ1n) is 9.85. The number of rotatable bonds is 4. The number of nitrogens with one attached hydrogen (secondary N) is 1. The first-order chi connectivity index (χ1) is 14.7. The summed E-state index contributed by atoms with van der Waals surface area (Å²) in [6.07, 6.45) is 0. The zero-order chi connectivity index (χ0) is 20.5. The van der Waals surface area contributed by atoms with E-state index in [-0.39, 0.29) is 18.7 Å². The molecule has 30 heavy (non-hydrogen) atoms. The molecule has 0 fully saturated rings. The molecular weight excluding hydrogens is 376 g/mol. The monoisotopic (exact) mass is 396 g/mol. The minimum absolute atomic E-state index is 0.111. The Morgan fingerprint density at radius 2 is 1.70 bits per heavy atom. The molecule has 148 valence electrons. The maximum atomic E-state index is 13.2. The highest BCUT2D eigenvalue weighted by Gasteiger charge is 2.18. The van der Waals surface area contributed by atoms with Crippen LogP contribution in [0, 0.1) is 0 Å². The van der Waals surface area contributed by atoms with Crippen molar-refractivity contribution in [2.24, 2.45) is 0 Å². The van der Waals surface area contributed by atoms with E-state index in [9.17, 15) is 4.79 Å². The van der Waals surface area contributed by atoms with Gasteiger partial charge < -0.3 is 14.8 Å². The molecule has 0 bridgehead atoms. The normalized spacial score (nSPS) is 13.2. The van der Waals surface area contributed by atoms with Crippen molar-refractivity contribution in [3.8, 4) is 22.8 Å². The third kappa shape index (κ3) is 3.35. The van der Waals surface area contributed by atoms with Crippen molar-refractivity contribution in [3.63, 3.8) is 0 Å². The number of para-hydroxylation sites is 1. The Morgan fingerprint density at radius 3 is 2.57 bits per heavy atom. The molecular formula is C25H20N2O3. The van der Waals surface area contributed by atoms with Gasteiger partial charge >= 0.3 is 0 Å². The Balaban J connectivity index is 1.55. The first-order valence-corrected chi connectivity index (χ1v) is 9.85. The predicted molar refractivity (Wildman–Crippen MR) is 116 cm³/mol. The van der Waals surface area contributed by atoms with E-state index in [0.717, 1.165) is 22.0 Å². The number of nitrogens with zero attached hydrogens (tertiary/aromatic N) is 1. The Morgan fingerprint density at radius 1 is 0.933 bits per heavy atom. The molecule has 1 aliphatic rings. The van der Waals surface area contributed by atoms with Crippen molar-refractivity contribution < 1.29 is 14.3 Å². The van der Waals surface area contributed by atoms with E-state index in [1.165, 1.54) is 0 Å². The van der Waals surface area contributed by atoms with E-state index in [0.29, 0.717) is 22.8 Å². The van der Waals surface area contributed by atoms with Gasteiger partial charge in [-0.15, -0.1) is 0 Å². The van der Waals surface area contributed by atoms with Crippen molar-refractivity contribution in [1.82, 2.24) is 10.3 Å². The summed E-state index contributed by atoms with van der Waals surface area (Å²) in [4.78, 5) is 18.0. The van der Waals surface area contributed by atoms with E-state index in [2.05, 4.69) is 5.32 Å². The van der Waals surface area contributed by atoms with Gasteiger partial charge in [0.2, 0.25) is 6.79 Å². The van der Waals surface area contributed by atoms with Crippen LogP contribution in [0.25, 0.3) is 22.2 Å². The van der Waals surface area contributed by atoms with Crippen LogP contribution in [-0.2, 0) is 0 Å². The lowest BCUT2D eigenvalue weighted by Gasteiger charge is -2.16. The molecule has 0 spiro atoms. The van der Waals surface area contributed by atoms with Crippen molar-refractivity contribution in [1.29, 1.82) is 0 Å². The molecule has 5 rings (SSSR count). The maximum absolute atomic E-state index is 13.2. The minimum Gasteiger partial charge on any atom is -0.454 e. The average Bonchev–Trinajstić information content (AvgIpc) is 3.26. The van der Waals surface area contributed by atoms with Gasteiger partial charge in [0.1, 0.15) is 0 Å². The topological polar surface area (TPSA) is 60.5 Å². The lowest BCUT2D eigenvalue weighted by Crippen LogP contribution is -2.27. The highest BCUT2D eigenvalue weighted by molar-refractivity contribution is 6.07. The van der Waals surface area contributed by atoms with Gasteiger partial charge in [0, 0.05) is 10.9 Å². The fraction of sp³-hybridized carbons (Fsp3) is 0.120. The molecule has 1 aromatic heterocycles. The number of hydrogen-bond acceptors (Lipinski definition) is 4. The van der Waals surface area contributed by atoms with Gasteiger partial charge in [0.15, 0.2) is 11.5 Å². The molecule has 0 radical (unpaired) electrons. The third-order valence-electron chi connectivity index (χ3n) is 5.28. The molecule has 0 saturated carbocycles. The van der Waals surface area contributed by atoms with E-state index in [4.69, 9.17) is 14.5 Å². The van der Waals surface area contributed by atoms with E-state index >= 15 is 0 Å². The number of aromatic nitrogens is 1. The highest BCUT2D eigenvalue weighted by Crippen LogP contribution is 2.36. The van der Waals surface area contributed by atoms with Crippen LogP contribution >= 0.6 is 0 Å². The number of ether oxygens (including phenoxy) is 2. The van der Waals surface area contributed by atoms with E-state index in [1.54, 1.807) is 0 Å². The molecule has 5 heteroatoms. The summed E-state index contributed by atoms with van der Waals surface area (Å²) in [6.45, 7) is 2.20. The Kier molecular flexibility index (Phi) is 4.56. The van der Waals surface area contributed by atoms with Crippen molar-refractivity contribution >= 4 is 16.8 Å². The van der Waals surface area contributed by atoms with Crippen LogP contribution in [-0.4, -0.2) is 17.7 Å². The SMILES string of the molecule is C[C@H](NC(=O)c1cc(-c2ccc3c(c2)OCO3)nc2ccccc12)c1ccccc1. The second-order valence-electron chi connectivity index (χ2n) is 7.25. The van der Waals surface area contributed by atoms with E-state index < -0.39 is 0 Å². The maximum Gasteiger partial charge on any atom is 0.252 e. The van der Waals surface area contributed by atoms with Gasteiger partial charge in [-0.3, -0.25) is 4.79 Å². The van der Waals surface area contributed by atoms with Crippen molar-refractivity contribution in [2.45, 2.75) is 13.0 Å². The summed E-state index contributed by atoms with van der Waals surface area (Å²) < 4.78 is 10.9. The Bertz CT molecular complexity index is 1240. The van der Waals surface area contributed by atoms with Gasteiger partial charge in [0.25, 0.3) is 5.91 Å². The van der Waals surface area contributed by atoms with Crippen LogP contribution in [0.5, 0.6) is 11.5 Å². The van der Waals surface area contributed by atoms with Gasteiger partial charge in [-0.2, -0.15) is 0 Å². The molecule has 0 aliphatic carbocycles. The minimum atomic E-state index is -0.132. The summed E-state index contributed by atoms with van der Waals surface area (Å²) in [5, 5.41) is 3.93. The Hall–Kier alpha value is -3.86. The van der Waals surface area contributed by atoms with Gasteiger partial charge in [-0.05, 0) is 42.8 Å². The summed E-state index contributed by atoms with van der Waals surface area (Å²) in [5.41, 5.74) is 4.00. The average molecular weight is 396 g/mol. The summed E-state index contributed by atoms with van der Waals surface area (Å²) in [5.74, 6) is 1.27. The summed E-state index contributed by atoms with van der Waals surface area (Å²) in [7, 11) is 0. The molecule has 3 aromatic carbocycles. The molecule has 5 nitrogen and oxygen atoms in total. The number of benzene rings is 3. The zero-order valence-corrected chi connectivity index (χ0v) is 16.5. The fourth-order valence-corrected chi connectivity index (χ4v) is 3.67. The first kappa shape index (κ1) is 18.2.